The summed E-state index contributed by atoms with van der Waals surface area (Å²) in [4.78, 5) is 36.5. The third-order valence-corrected chi connectivity index (χ3v) is 4.04. The Morgan fingerprint density at radius 3 is 2.68 bits per heavy atom. The van der Waals surface area contributed by atoms with E-state index in [4.69, 9.17) is 4.74 Å². The van der Waals surface area contributed by atoms with Gasteiger partial charge in [0.15, 0.2) is 6.61 Å². The summed E-state index contributed by atoms with van der Waals surface area (Å²) in [6, 6.07) is 4.16. The second kappa shape index (κ2) is 9.00. The molecule has 0 saturated carbocycles. The average Bonchev–Trinajstić information content (AvgIpc) is 3.13. The molecule has 0 unspecified atom stereocenters. The highest BCUT2D eigenvalue weighted by Gasteiger charge is 2.23. The van der Waals surface area contributed by atoms with E-state index in [0.717, 1.165) is 38.8 Å². The fourth-order valence-electron chi connectivity index (χ4n) is 2.70. The molecule has 0 radical (unpaired) electrons. The van der Waals surface area contributed by atoms with E-state index >= 15 is 0 Å². The molecular weight excluding hydrogens is 326 g/mol. The van der Waals surface area contributed by atoms with Gasteiger partial charge in [-0.25, -0.2) is 4.79 Å². The van der Waals surface area contributed by atoms with Crippen molar-refractivity contribution < 1.29 is 19.2 Å². The maximum atomic E-state index is 12.4. The summed E-state index contributed by atoms with van der Waals surface area (Å²) in [5.74, 6) is -1.11. The van der Waals surface area contributed by atoms with Crippen LogP contribution in [0.2, 0.25) is 0 Å². The Labute approximate surface area is 146 Å². The molecule has 1 aliphatic heterocycles. The van der Waals surface area contributed by atoms with Gasteiger partial charge in [-0.15, -0.1) is 0 Å². The number of rotatable bonds is 8. The van der Waals surface area contributed by atoms with Crippen LogP contribution in [0.15, 0.2) is 18.2 Å². The van der Waals surface area contributed by atoms with Crippen LogP contribution in [0, 0.1) is 10.1 Å². The van der Waals surface area contributed by atoms with Gasteiger partial charge in [0.2, 0.25) is 0 Å². The Morgan fingerprint density at radius 2 is 2.04 bits per heavy atom. The molecule has 2 rings (SSSR count). The van der Waals surface area contributed by atoms with E-state index in [1.807, 2.05) is 11.8 Å². The smallest absolute Gasteiger partial charge is 0.341 e. The van der Waals surface area contributed by atoms with Crippen molar-refractivity contribution in [1.82, 2.24) is 5.32 Å². The number of anilines is 1. The predicted molar refractivity (Wildman–Crippen MR) is 92.7 cm³/mol. The second-order valence-electron chi connectivity index (χ2n) is 5.93. The summed E-state index contributed by atoms with van der Waals surface area (Å²) >= 11 is 0. The molecule has 1 heterocycles. The first kappa shape index (κ1) is 18.7. The SMILES string of the molecule is CCCCNC(=O)COC(=O)c1cc([N+](=O)[O-])ccc1N1CCCC1. The minimum Gasteiger partial charge on any atom is -0.452 e. The zero-order valence-corrected chi connectivity index (χ0v) is 14.3. The van der Waals surface area contributed by atoms with Crippen LogP contribution in [-0.4, -0.2) is 43.0 Å². The van der Waals surface area contributed by atoms with E-state index in [1.54, 1.807) is 6.07 Å². The average molecular weight is 349 g/mol. The molecule has 0 aliphatic carbocycles. The zero-order chi connectivity index (χ0) is 18.2. The summed E-state index contributed by atoms with van der Waals surface area (Å²) in [6.07, 6.45) is 3.81. The molecule has 0 atom stereocenters. The number of hydrogen-bond acceptors (Lipinski definition) is 6. The van der Waals surface area contributed by atoms with Crippen molar-refractivity contribution in [2.45, 2.75) is 32.6 Å². The highest BCUT2D eigenvalue weighted by molar-refractivity contribution is 5.97. The number of non-ortho nitro benzene ring substituents is 1. The normalized spacial score (nSPS) is 13.6. The third kappa shape index (κ3) is 5.17. The number of nitro groups is 1. The number of carbonyl (C=O) groups excluding carboxylic acids is 2. The van der Waals surface area contributed by atoms with Crippen LogP contribution in [0.4, 0.5) is 11.4 Å². The van der Waals surface area contributed by atoms with Crippen molar-refractivity contribution in [2.24, 2.45) is 0 Å². The van der Waals surface area contributed by atoms with Crippen LogP contribution in [0.5, 0.6) is 0 Å². The molecule has 1 amide bonds. The minimum atomic E-state index is -0.726. The molecular formula is C17H23N3O5. The van der Waals surface area contributed by atoms with Crippen LogP contribution < -0.4 is 10.2 Å². The monoisotopic (exact) mass is 349 g/mol. The van der Waals surface area contributed by atoms with Gasteiger partial charge >= 0.3 is 5.97 Å². The van der Waals surface area contributed by atoms with Crippen molar-refractivity contribution in [3.8, 4) is 0 Å². The molecule has 0 spiro atoms. The molecule has 1 fully saturated rings. The number of carbonyl (C=O) groups is 2. The molecule has 25 heavy (non-hydrogen) atoms. The predicted octanol–water partition coefficient (Wildman–Crippen LogP) is 2.27. The van der Waals surface area contributed by atoms with Crippen LogP contribution >= 0.6 is 0 Å². The highest BCUT2D eigenvalue weighted by Crippen LogP contribution is 2.28. The van der Waals surface area contributed by atoms with E-state index in [2.05, 4.69) is 5.32 Å². The van der Waals surface area contributed by atoms with E-state index in [0.29, 0.717) is 12.2 Å². The lowest BCUT2D eigenvalue weighted by atomic mass is 10.1. The first-order valence-electron chi connectivity index (χ1n) is 8.50. The van der Waals surface area contributed by atoms with Gasteiger partial charge in [0, 0.05) is 31.8 Å². The molecule has 0 bridgehead atoms. The van der Waals surface area contributed by atoms with E-state index in [9.17, 15) is 19.7 Å². The van der Waals surface area contributed by atoms with Crippen LogP contribution in [0.3, 0.4) is 0 Å². The highest BCUT2D eigenvalue weighted by atomic mass is 16.6. The standard InChI is InChI=1S/C17H23N3O5/c1-2-3-8-18-16(21)12-25-17(22)14-11-13(20(23)24)6-7-15(14)19-9-4-5-10-19/h6-7,11H,2-5,8-10,12H2,1H3,(H,18,21). The molecule has 1 aromatic rings. The van der Waals surface area contributed by atoms with Crippen molar-refractivity contribution in [3.63, 3.8) is 0 Å². The first-order chi connectivity index (χ1) is 12.0. The Bertz CT molecular complexity index is 641. The molecule has 1 N–H and O–H groups in total. The topological polar surface area (TPSA) is 102 Å². The van der Waals surface area contributed by atoms with E-state index in [-0.39, 0.29) is 17.2 Å². The third-order valence-electron chi connectivity index (χ3n) is 4.04. The first-order valence-corrected chi connectivity index (χ1v) is 8.50. The van der Waals surface area contributed by atoms with Gasteiger partial charge < -0.3 is 15.0 Å². The summed E-state index contributed by atoms with van der Waals surface area (Å²) < 4.78 is 5.06. The van der Waals surface area contributed by atoms with Crippen LogP contribution in [0.25, 0.3) is 0 Å². The van der Waals surface area contributed by atoms with Gasteiger partial charge in [0.05, 0.1) is 16.2 Å². The number of benzene rings is 1. The number of esters is 1. The zero-order valence-electron chi connectivity index (χ0n) is 14.3. The summed E-state index contributed by atoms with van der Waals surface area (Å²) in [5.41, 5.74) is 0.555. The summed E-state index contributed by atoms with van der Waals surface area (Å²) in [7, 11) is 0. The van der Waals surface area contributed by atoms with Gasteiger partial charge in [0.25, 0.3) is 11.6 Å². The molecule has 1 saturated heterocycles. The van der Waals surface area contributed by atoms with Gasteiger partial charge in [-0.3, -0.25) is 14.9 Å². The van der Waals surface area contributed by atoms with Gasteiger partial charge in [0.1, 0.15) is 0 Å². The number of hydrogen-bond donors (Lipinski definition) is 1. The van der Waals surface area contributed by atoms with Crippen molar-refractivity contribution in [1.29, 1.82) is 0 Å². The van der Waals surface area contributed by atoms with Gasteiger partial charge in [-0.1, -0.05) is 13.3 Å². The fourth-order valence-corrected chi connectivity index (χ4v) is 2.70. The Balaban J connectivity index is 2.08. The number of nitro benzene ring substituents is 1. The van der Waals surface area contributed by atoms with Gasteiger partial charge in [-0.05, 0) is 25.3 Å². The molecule has 8 nitrogen and oxygen atoms in total. The summed E-state index contributed by atoms with van der Waals surface area (Å²) in [5, 5.41) is 13.7. The molecule has 8 heteroatoms. The quantitative estimate of drug-likeness (QED) is 0.334. The van der Waals surface area contributed by atoms with Gasteiger partial charge in [-0.2, -0.15) is 0 Å². The Morgan fingerprint density at radius 1 is 1.32 bits per heavy atom. The number of ether oxygens (including phenoxy) is 1. The second-order valence-corrected chi connectivity index (χ2v) is 5.93. The fraction of sp³-hybridized carbons (Fsp3) is 0.529. The molecule has 136 valence electrons. The van der Waals surface area contributed by atoms with Crippen molar-refractivity contribution >= 4 is 23.3 Å². The lowest BCUT2D eigenvalue weighted by Crippen LogP contribution is -2.30. The minimum absolute atomic E-state index is 0.123. The number of unbranched alkanes of at least 4 members (excludes halogenated alkanes) is 1. The van der Waals surface area contributed by atoms with Crippen molar-refractivity contribution in [2.75, 3.05) is 31.1 Å². The largest absolute Gasteiger partial charge is 0.452 e. The molecule has 1 aliphatic rings. The molecule has 1 aromatic carbocycles. The molecule has 0 aromatic heterocycles. The maximum Gasteiger partial charge on any atom is 0.341 e. The number of nitrogens with one attached hydrogen (secondary N) is 1. The number of amides is 1. The number of nitrogens with zero attached hydrogens (tertiary/aromatic N) is 2. The van der Waals surface area contributed by atoms with Crippen molar-refractivity contribution in [3.05, 3.63) is 33.9 Å². The summed E-state index contributed by atoms with van der Waals surface area (Å²) in [6.45, 7) is 3.72. The van der Waals surface area contributed by atoms with E-state index < -0.39 is 17.5 Å². The lowest BCUT2D eigenvalue weighted by Gasteiger charge is -2.20. The van der Waals surface area contributed by atoms with Crippen LogP contribution in [-0.2, 0) is 9.53 Å². The maximum absolute atomic E-state index is 12.4. The Kier molecular flexibility index (Phi) is 6.73. The van der Waals surface area contributed by atoms with E-state index in [1.165, 1.54) is 12.1 Å². The Hall–Kier alpha value is -2.64. The van der Waals surface area contributed by atoms with Crippen LogP contribution in [0.1, 0.15) is 43.0 Å². The lowest BCUT2D eigenvalue weighted by molar-refractivity contribution is -0.384.